The van der Waals surface area contributed by atoms with Gasteiger partial charge in [-0.05, 0) is 31.5 Å². The summed E-state index contributed by atoms with van der Waals surface area (Å²) < 4.78 is 43.0. The average molecular weight is 360 g/mol. The van der Waals surface area contributed by atoms with E-state index in [9.17, 15) is 13.2 Å². The highest BCUT2D eigenvalue weighted by Crippen LogP contribution is 2.15. The normalized spacial score (nSPS) is 12.6. The van der Waals surface area contributed by atoms with Crippen molar-refractivity contribution in [1.29, 1.82) is 0 Å². The van der Waals surface area contributed by atoms with E-state index in [0.29, 0.717) is 25.6 Å². The molecule has 1 rings (SSSR count). The van der Waals surface area contributed by atoms with Gasteiger partial charge in [0.15, 0.2) is 6.10 Å². The van der Waals surface area contributed by atoms with E-state index in [0.717, 1.165) is 11.8 Å². The SMILES string of the molecule is CCOCCOc1ccc(C[C@@H](OS(C)(=O)=O)C(=O)OCC)cc1. The standard InChI is InChI=1S/C16H24O7S/c1-4-20-10-11-22-14-8-6-13(7-9-14)12-15(16(17)21-5-2)23-24(3,18)19/h6-9,15H,4-5,10-12H2,1-3H3/t15-/m1/s1. The highest BCUT2D eigenvalue weighted by Gasteiger charge is 2.25. The zero-order valence-electron chi connectivity index (χ0n) is 14.2. The quantitative estimate of drug-likeness (QED) is 0.336. The lowest BCUT2D eigenvalue weighted by molar-refractivity contribution is -0.151. The molecule has 0 fully saturated rings. The van der Waals surface area contributed by atoms with Crippen LogP contribution in [0.5, 0.6) is 5.75 Å². The molecular weight excluding hydrogens is 336 g/mol. The van der Waals surface area contributed by atoms with Crippen LogP contribution in [-0.4, -0.2) is 53.2 Å². The number of hydrogen-bond acceptors (Lipinski definition) is 7. The van der Waals surface area contributed by atoms with Crippen molar-refractivity contribution in [1.82, 2.24) is 0 Å². The first-order valence-corrected chi connectivity index (χ1v) is 9.51. The predicted octanol–water partition coefficient (Wildman–Crippen LogP) is 1.55. The molecule has 1 atom stereocenters. The van der Waals surface area contributed by atoms with E-state index in [1.165, 1.54) is 0 Å². The molecule has 0 saturated heterocycles. The first kappa shape index (κ1) is 20.4. The summed E-state index contributed by atoms with van der Waals surface area (Å²) in [5.74, 6) is -0.0462. The molecule has 0 radical (unpaired) electrons. The molecule has 1 aromatic carbocycles. The maximum Gasteiger partial charge on any atom is 0.337 e. The molecule has 0 saturated carbocycles. The zero-order valence-corrected chi connectivity index (χ0v) is 15.0. The number of carbonyl (C=O) groups is 1. The summed E-state index contributed by atoms with van der Waals surface area (Å²) >= 11 is 0. The Hall–Kier alpha value is -1.64. The van der Waals surface area contributed by atoms with Crippen LogP contribution in [0.25, 0.3) is 0 Å². The Morgan fingerprint density at radius 3 is 2.29 bits per heavy atom. The van der Waals surface area contributed by atoms with Gasteiger partial charge in [0.1, 0.15) is 12.4 Å². The summed E-state index contributed by atoms with van der Waals surface area (Å²) in [7, 11) is -3.77. The first-order valence-electron chi connectivity index (χ1n) is 7.70. The molecule has 0 aliphatic rings. The van der Waals surface area contributed by atoms with E-state index in [4.69, 9.17) is 18.4 Å². The van der Waals surface area contributed by atoms with Gasteiger partial charge in [-0.15, -0.1) is 0 Å². The van der Waals surface area contributed by atoms with Crippen LogP contribution in [0.2, 0.25) is 0 Å². The molecule has 0 N–H and O–H groups in total. The summed E-state index contributed by atoms with van der Waals surface area (Å²) in [6, 6.07) is 6.97. The fraction of sp³-hybridized carbons (Fsp3) is 0.562. The molecule has 136 valence electrons. The van der Waals surface area contributed by atoms with Crippen molar-refractivity contribution in [3.8, 4) is 5.75 Å². The Bertz CT molecular complexity index is 595. The lowest BCUT2D eigenvalue weighted by Gasteiger charge is -2.15. The van der Waals surface area contributed by atoms with Crippen LogP contribution in [0.4, 0.5) is 0 Å². The highest BCUT2D eigenvalue weighted by atomic mass is 32.2. The molecule has 0 aliphatic carbocycles. The average Bonchev–Trinajstić information content (AvgIpc) is 2.51. The van der Waals surface area contributed by atoms with Gasteiger partial charge in [0.2, 0.25) is 0 Å². The summed E-state index contributed by atoms with van der Waals surface area (Å²) in [5.41, 5.74) is 0.730. The van der Waals surface area contributed by atoms with Crippen LogP contribution in [-0.2, 0) is 35.0 Å². The van der Waals surface area contributed by atoms with Crippen molar-refractivity contribution < 1.29 is 31.6 Å². The van der Waals surface area contributed by atoms with Crippen LogP contribution >= 0.6 is 0 Å². The summed E-state index contributed by atoms with van der Waals surface area (Å²) in [6.45, 7) is 5.28. The van der Waals surface area contributed by atoms with E-state index in [1.54, 1.807) is 31.2 Å². The molecule has 0 aliphatic heterocycles. The second kappa shape index (κ2) is 10.3. The molecule has 1 aromatic rings. The smallest absolute Gasteiger partial charge is 0.337 e. The number of ether oxygens (including phenoxy) is 3. The number of carbonyl (C=O) groups excluding carboxylic acids is 1. The third kappa shape index (κ3) is 8.28. The summed E-state index contributed by atoms with van der Waals surface area (Å²) in [4.78, 5) is 11.8. The van der Waals surface area contributed by atoms with Gasteiger partial charge in [-0.25, -0.2) is 4.79 Å². The van der Waals surface area contributed by atoms with Crippen molar-refractivity contribution in [2.24, 2.45) is 0 Å². The van der Waals surface area contributed by atoms with Crippen LogP contribution in [0.3, 0.4) is 0 Å². The molecule has 0 heterocycles. The molecule has 0 amide bonds. The highest BCUT2D eigenvalue weighted by molar-refractivity contribution is 7.86. The molecular formula is C16H24O7S. The Labute approximate surface area is 143 Å². The first-order chi connectivity index (χ1) is 11.4. The largest absolute Gasteiger partial charge is 0.491 e. The van der Waals surface area contributed by atoms with E-state index >= 15 is 0 Å². The van der Waals surface area contributed by atoms with Gasteiger partial charge in [0.05, 0.1) is 19.5 Å². The Balaban J connectivity index is 2.67. The van der Waals surface area contributed by atoms with Crippen LogP contribution < -0.4 is 4.74 Å². The second-order valence-corrected chi connectivity index (χ2v) is 6.54. The Morgan fingerprint density at radius 1 is 1.08 bits per heavy atom. The molecule has 8 heteroatoms. The van der Waals surface area contributed by atoms with E-state index in [1.807, 2.05) is 6.92 Å². The molecule has 0 aromatic heterocycles. The fourth-order valence-corrected chi connectivity index (χ4v) is 2.47. The number of esters is 1. The third-order valence-corrected chi connectivity index (χ3v) is 3.47. The molecule has 7 nitrogen and oxygen atoms in total. The van der Waals surface area contributed by atoms with Crippen molar-refractivity contribution in [2.45, 2.75) is 26.4 Å². The number of benzene rings is 1. The summed E-state index contributed by atoms with van der Waals surface area (Å²) in [6.07, 6.45) is -0.218. The Morgan fingerprint density at radius 2 is 1.75 bits per heavy atom. The lowest BCUT2D eigenvalue weighted by atomic mass is 10.1. The van der Waals surface area contributed by atoms with Gasteiger partial charge < -0.3 is 14.2 Å². The van der Waals surface area contributed by atoms with Crippen molar-refractivity contribution in [2.75, 3.05) is 32.7 Å². The number of rotatable bonds is 11. The fourth-order valence-electron chi connectivity index (χ4n) is 1.90. The van der Waals surface area contributed by atoms with Crippen molar-refractivity contribution >= 4 is 16.1 Å². The van der Waals surface area contributed by atoms with E-state index in [-0.39, 0.29) is 13.0 Å². The monoisotopic (exact) mass is 360 g/mol. The molecule has 24 heavy (non-hydrogen) atoms. The van der Waals surface area contributed by atoms with Crippen LogP contribution in [0.15, 0.2) is 24.3 Å². The van der Waals surface area contributed by atoms with Crippen LogP contribution in [0, 0.1) is 0 Å². The van der Waals surface area contributed by atoms with Gasteiger partial charge in [-0.2, -0.15) is 8.42 Å². The Kier molecular flexibility index (Phi) is 8.73. The minimum Gasteiger partial charge on any atom is -0.491 e. The maximum atomic E-state index is 11.8. The van der Waals surface area contributed by atoms with E-state index < -0.39 is 22.2 Å². The molecule has 0 spiro atoms. The molecule has 0 bridgehead atoms. The van der Waals surface area contributed by atoms with Crippen molar-refractivity contribution in [3.63, 3.8) is 0 Å². The second-order valence-electron chi connectivity index (χ2n) is 4.93. The predicted molar refractivity (Wildman–Crippen MR) is 88.5 cm³/mol. The lowest BCUT2D eigenvalue weighted by Crippen LogP contribution is -2.31. The zero-order chi connectivity index (χ0) is 18.0. The van der Waals surface area contributed by atoms with Gasteiger partial charge in [0.25, 0.3) is 10.1 Å². The van der Waals surface area contributed by atoms with Gasteiger partial charge >= 0.3 is 5.97 Å². The minimum absolute atomic E-state index is 0.0884. The van der Waals surface area contributed by atoms with E-state index in [2.05, 4.69) is 0 Å². The molecule has 0 unspecified atom stereocenters. The van der Waals surface area contributed by atoms with Gasteiger partial charge in [0, 0.05) is 13.0 Å². The number of hydrogen-bond donors (Lipinski definition) is 0. The third-order valence-electron chi connectivity index (χ3n) is 2.89. The minimum atomic E-state index is -3.77. The maximum absolute atomic E-state index is 11.8. The van der Waals surface area contributed by atoms with Gasteiger partial charge in [-0.1, -0.05) is 12.1 Å². The van der Waals surface area contributed by atoms with Gasteiger partial charge in [-0.3, -0.25) is 4.18 Å². The van der Waals surface area contributed by atoms with Crippen LogP contribution in [0.1, 0.15) is 19.4 Å². The summed E-state index contributed by atoms with van der Waals surface area (Å²) in [5, 5.41) is 0. The van der Waals surface area contributed by atoms with Crippen molar-refractivity contribution in [3.05, 3.63) is 29.8 Å². The topological polar surface area (TPSA) is 88.1 Å².